The van der Waals surface area contributed by atoms with E-state index < -0.39 is 271 Å². The van der Waals surface area contributed by atoms with Gasteiger partial charge in [0.2, 0.25) is 78.1 Å². The molecule has 0 aromatic heterocycles. The summed E-state index contributed by atoms with van der Waals surface area (Å²) in [5, 5.41) is 42.7. The maximum Gasteiger partial charge on any atom is 0.329 e. The van der Waals surface area contributed by atoms with Crippen molar-refractivity contribution in [3.8, 4) is 11.5 Å². The van der Waals surface area contributed by atoms with Crippen molar-refractivity contribution < 1.29 is 132 Å². The molecule has 4 heterocycles. The highest BCUT2D eigenvalue weighted by molar-refractivity contribution is 8.13. The average molecular weight is 2080 g/mol. The van der Waals surface area contributed by atoms with Crippen LogP contribution in [0, 0.1) is 59.2 Å². The first-order valence-corrected chi connectivity index (χ1v) is 54.0. The fraction of sp³-hybridized carbons (Fsp3) is 0.720. The number of aliphatic hydroxyl groups excluding tert-OH is 2. The van der Waals surface area contributed by atoms with E-state index in [1.807, 2.05) is 48.5 Å². The van der Waals surface area contributed by atoms with E-state index in [1.54, 1.807) is 118 Å². The number of ether oxygens (including phenoxy) is 6. The molecule has 43 heteroatoms. The molecule has 0 unspecified atom stereocenters. The topological polar surface area (TPSA) is 538 Å². The summed E-state index contributed by atoms with van der Waals surface area (Å²) in [5.74, 6) is -16.7. The van der Waals surface area contributed by atoms with Crippen LogP contribution in [0.5, 0.6) is 11.5 Å². The van der Waals surface area contributed by atoms with Crippen LogP contribution in [0.15, 0.2) is 48.5 Å². The molecule has 4 fully saturated rings. The average Bonchev–Trinajstić information content (AvgIpc) is 1.67. The number of methoxy groups -OCH3 is 2. The number of hydrogen-bond donors (Lipinski definition) is 9. The van der Waals surface area contributed by atoms with Crippen molar-refractivity contribution in [2.24, 2.45) is 59.2 Å². The summed E-state index contributed by atoms with van der Waals surface area (Å²) in [5.41, 5.74) is 1.21. The number of nitrogens with one attached hydrogen (secondary N) is 7. The molecule has 143 heavy (non-hydrogen) atoms. The number of ketones is 2. The standard InChI is InChI=1S/C50H80N6O14S.C49H78N6O12.CH3ClO2S/c1-15-30(8)41-39(57)26-40(58)70-44(29(6)7)43(59)31(9)45(60)51-35(23-27(2)3)48(63)56-22-16-17-36(56)49(64)54(11)38(25-33-18-20-34(68-13)21-19-33)50(65)69-32(10)42(47(62)52-41)53-46(61)37(24-28(4)5)55(12)71(14,66)67;1-14-29(8)40-38(56)25-39(57)67-43(28(6)7)42(58)30(9)44(59)51-35(23-27(4)5)47(62)55-21-15-16-36(55)48(63)54(12)37(24-32-17-19-33(65-13)20-18-32)49(64)66-31(10)41(46(61)52-40)53-45(60)34(50-11)22-26(2)3;1-5(2,3)4/h18-21,27-32,35-39,41-42,44,57H,15-17,22-26H2,1-14H3,(H,51,60)(H,52,62)(H,53,61);17-20,26-31,34-38,40-41,43,50,56H,14-16,21-25H2,1-13H3,(H,51,59)(H,52,61)(H,53,60);1H3/t30-,31-,32+,35-,36-,37+,38-,39-,41+,42-,44-;29-,30-,31+,34+,35-,36-,37-,38-,40+,41-,43-;/m00./s1. The molecule has 10 amide bonds. The van der Waals surface area contributed by atoms with Crippen molar-refractivity contribution in [3.63, 3.8) is 0 Å². The highest BCUT2D eigenvalue weighted by Crippen LogP contribution is 2.31. The zero-order chi connectivity index (χ0) is 109. The number of halogens is 1. The Morgan fingerprint density at radius 3 is 1.13 bits per heavy atom. The molecule has 6 rings (SSSR count). The molecule has 4 aliphatic rings. The molecule has 2 aromatic rings. The second-order valence-corrected chi connectivity index (χ2v) is 45.7. The highest BCUT2D eigenvalue weighted by atomic mass is 35.7. The molecule has 0 bridgehead atoms. The number of carbonyl (C=O) groups excluding carboxylic acids is 16. The van der Waals surface area contributed by atoms with E-state index in [4.69, 9.17) is 28.4 Å². The zero-order valence-corrected chi connectivity index (χ0v) is 90.9. The predicted molar refractivity (Wildman–Crippen MR) is 534 cm³/mol. The molecular formula is C100H161ClN12O28S2. The molecule has 22 atom stereocenters. The lowest BCUT2D eigenvalue weighted by molar-refractivity contribution is -0.163. The maximum atomic E-state index is 14.8. The third kappa shape index (κ3) is 38.1. The number of likely N-dealkylation sites (N-methyl/N-ethyl adjacent to an activating group) is 4. The Morgan fingerprint density at radius 1 is 0.503 bits per heavy atom. The van der Waals surface area contributed by atoms with E-state index in [2.05, 4.69) is 47.9 Å². The summed E-state index contributed by atoms with van der Waals surface area (Å²) in [4.78, 5) is 233. The van der Waals surface area contributed by atoms with Crippen molar-refractivity contribution in [2.45, 2.75) is 337 Å². The second kappa shape index (κ2) is 57.8. The van der Waals surface area contributed by atoms with E-state index >= 15 is 0 Å². The van der Waals surface area contributed by atoms with Crippen LogP contribution < -0.4 is 46.7 Å². The van der Waals surface area contributed by atoms with Gasteiger partial charge in [-0.15, -0.1) is 0 Å². The van der Waals surface area contributed by atoms with Gasteiger partial charge in [-0.3, -0.25) is 67.1 Å². The van der Waals surface area contributed by atoms with Gasteiger partial charge in [0, 0.05) is 57.8 Å². The van der Waals surface area contributed by atoms with Crippen molar-refractivity contribution in [3.05, 3.63) is 59.7 Å². The summed E-state index contributed by atoms with van der Waals surface area (Å²) in [6.07, 6.45) is -5.73. The van der Waals surface area contributed by atoms with Crippen LogP contribution in [0.3, 0.4) is 0 Å². The number of hydrogen-bond acceptors (Lipinski definition) is 29. The maximum absolute atomic E-state index is 14.8. The minimum Gasteiger partial charge on any atom is -0.497 e. The summed E-state index contributed by atoms with van der Waals surface area (Å²) >= 11 is 0. The van der Waals surface area contributed by atoms with Crippen LogP contribution in [0.1, 0.15) is 227 Å². The van der Waals surface area contributed by atoms with Gasteiger partial charge in [0.1, 0.15) is 78.1 Å². The number of cyclic esters (lactones) is 4. The molecule has 0 aliphatic carbocycles. The van der Waals surface area contributed by atoms with Crippen LogP contribution in [0.25, 0.3) is 0 Å². The summed E-state index contributed by atoms with van der Waals surface area (Å²) in [7, 11) is 6.02. The fourth-order valence-corrected chi connectivity index (χ4v) is 18.0. The Morgan fingerprint density at radius 2 is 0.839 bits per heavy atom. The van der Waals surface area contributed by atoms with Crippen LogP contribution in [-0.2, 0) is 128 Å². The molecule has 40 nitrogen and oxygen atoms in total. The fourth-order valence-electron chi connectivity index (χ4n) is 17.4. The molecule has 4 aliphatic heterocycles. The smallest absolute Gasteiger partial charge is 0.329 e. The molecule has 0 spiro atoms. The molecule has 808 valence electrons. The number of sulfonamides is 1. The largest absolute Gasteiger partial charge is 0.497 e. The number of esters is 4. The van der Waals surface area contributed by atoms with Gasteiger partial charge in [-0.2, -0.15) is 4.31 Å². The molecule has 2 aromatic carbocycles. The Labute approximate surface area is 848 Å². The van der Waals surface area contributed by atoms with Crippen LogP contribution >= 0.6 is 10.7 Å². The summed E-state index contributed by atoms with van der Waals surface area (Å²) in [6, 6.07) is -1.17. The van der Waals surface area contributed by atoms with E-state index in [9.17, 15) is 104 Å². The quantitative estimate of drug-likeness (QED) is 0.0238. The highest BCUT2D eigenvalue weighted by Gasteiger charge is 2.49. The number of benzene rings is 2. The Kier molecular flexibility index (Phi) is 50.6. The number of amides is 10. The van der Waals surface area contributed by atoms with E-state index in [-0.39, 0.29) is 81.7 Å². The summed E-state index contributed by atoms with van der Waals surface area (Å²) in [6.45, 7) is 34.2. The van der Waals surface area contributed by atoms with Crippen LogP contribution in [0.2, 0.25) is 0 Å². The van der Waals surface area contributed by atoms with Crippen molar-refractivity contribution in [2.75, 3.05) is 68.0 Å². The van der Waals surface area contributed by atoms with Gasteiger partial charge in [0.05, 0.1) is 81.7 Å². The lowest BCUT2D eigenvalue weighted by atomic mass is 9.91. The molecule has 0 saturated carbocycles. The number of nitrogens with zero attached hydrogens (tertiary/aromatic N) is 5. The lowest BCUT2D eigenvalue weighted by Gasteiger charge is -2.35. The first-order chi connectivity index (χ1) is 66.5. The number of Topliss-reactive ketones (excluding diaryl/α,β-unsaturated/α-hetero) is 2. The van der Waals surface area contributed by atoms with Crippen molar-refractivity contribution in [1.82, 2.24) is 61.1 Å². The SMILES string of the molecule is CC[C@H](C)[C@H]1NC(=O)[C@@H](NC(=O)[C@@H](CC(C)C)N(C)S(C)(=O)=O)[C@@H](C)OC(=O)[C@H](Cc2ccc(OC)cc2)N(C)C(=O)[C@@H]2CCCN2C(=O)[C@H](CC(C)C)NC(=O)[C@@H](C)C(=O)[C@H](C(C)C)OC(=O)C[C@@H]1O.CC[C@H](C)[C@H]1NC(=O)[C@@H](NC(=O)[C@@H](CC(C)C)NC)[C@@H](C)OC(=O)[C@H](Cc2ccc(OC)cc2)N(C)C(=O)[C@@H]2CCCN2C(=O)[C@H](CC(C)C)NC(=O)[C@@H](C)C(=O)[C@H](C(C)C)OC(=O)C[C@@H]1O.CS(=O)(=O)Cl. The Hall–Kier alpha value is -10.0. The van der Waals surface area contributed by atoms with Crippen LogP contribution in [0.4, 0.5) is 0 Å². The molecule has 4 saturated heterocycles. The van der Waals surface area contributed by atoms with E-state index in [0.717, 1.165) is 16.8 Å². The van der Waals surface area contributed by atoms with Gasteiger partial charge in [-0.1, -0.05) is 148 Å². The van der Waals surface area contributed by atoms with Crippen molar-refractivity contribution >= 4 is 124 Å². The third-order valence-electron chi connectivity index (χ3n) is 26.3. The van der Waals surface area contributed by atoms with Crippen LogP contribution in [-0.4, -0.2) is 323 Å². The lowest BCUT2D eigenvalue weighted by Crippen LogP contribution is -2.61. The first kappa shape index (κ1) is 125. The van der Waals surface area contributed by atoms with Gasteiger partial charge in [-0.25, -0.2) is 26.4 Å². The summed E-state index contributed by atoms with van der Waals surface area (Å²) < 4.78 is 79.4. The van der Waals surface area contributed by atoms with Gasteiger partial charge in [-0.05, 0) is 169 Å². The minimum absolute atomic E-state index is 0.0346. The molecule has 9 N–H and O–H groups in total. The van der Waals surface area contributed by atoms with Gasteiger partial charge in [0.25, 0.3) is 0 Å². The zero-order valence-electron chi connectivity index (χ0n) is 88.5. The molecular weight excluding hydrogens is 1920 g/mol. The number of rotatable bonds is 27. The first-order valence-electron chi connectivity index (χ1n) is 49.4. The van der Waals surface area contributed by atoms with Gasteiger partial charge < -0.3 is 95.5 Å². The minimum atomic E-state index is -3.96. The second-order valence-electron chi connectivity index (χ2n) is 40.6. The van der Waals surface area contributed by atoms with E-state index in [0.29, 0.717) is 54.7 Å². The van der Waals surface area contributed by atoms with Crippen molar-refractivity contribution in [1.29, 1.82) is 0 Å². The Bertz CT molecular complexity index is 4870. The normalized spacial score (nSPS) is 27.0. The number of aliphatic hydroxyl groups is 2. The predicted octanol–water partition coefficient (Wildman–Crippen LogP) is 5.27. The number of fused-ring (bicyclic) bond motifs is 2. The van der Waals surface area contributed by atoms with Gasteiger partial charge in [0.15, 0.2) is 23.8 Å². The molecule has 0 radical (unpaired) electrons. The van der Waals surface area contributed by atoms with E-state index in [1.165, 1.54) is 82.7 Å². The third-order valence-corrected chi connectivity index (χ3v) is 27.6. The monoisotopic (exact) mass is 2080 g/mol. The Balaban J connectivity index is 0.000000570. The number of carbonyl (C=O) groups is 16. The van der Waals surface area contributed by atoms with Gasteiger partial charge >= 0.3 is 23.9 Å².